The number of hydrogen-bond donors (Lipinski definition) is 0. The fourth-order valence-corrected chi connectivity index (χ4v) is 3.73. The molecule has 0 aromatic carbocycles. The zero-order chi connectivity index (χ0) is 15.0. The van der Waals surface area contributed by atoms with Gasteiger partial charge in [-0.25, -0.2) is 13.2 Å². The summed E-state index contributed by atoms with van der Waals surface area (Å²) in [5.41, 5.74) is 0.839. The van der Waals surface area contributed by atoms with Crippen LogP contribution in [0.4, 0.5) is 4.79 Å². The van der Waals surface area contributed by atoms with Crippen molar-refractivity contribution in [3.05, 3.63) is 30.1 Å². The molecule has 0 unspecified atom stereocenters. The van der Waals surface area contributed by atoms with Gasteiger partial charge >= 0.3 is 6.03 Å². The third-order valence-electron chi connectivity index (χ3n) is 3.94. The maximum absolute atomic E-state index is 12.4. The van der Waals surface area contributed by atoms with Crippen molar-refractivity contribution in [2.24, 2.45) is 0 Å². The van der Waals surface area contributed by atoms with Crippen LogP contribution in [-0.4, -0.2) is 72.0 Å². The molecule has 21 heavy (non-hydrogen) atoms. The molecule has 0 spiro atoms. The number of fused-ring (bicyclic) bond motifs is 1. The molecule has 3 rings (SSSR count). The van der Waals surface area contributed by atoms with Gasteiger partial charge in [-0.3, -0.25) is 4.98 Å². The minimum absolute atomic E-state index is 0.0289. The highest BCUT2D eigenvalue weighted by Gasteiger charge is 2.42. The fraction of sp³-hybridized carbons (Fsp3) is 0.538. The molecule has 2 aliphatic rings. The highest BCUT2D eigenvalue weighted by Crippen LogP contribution is 2.23. The lowest BCUT2D eigenvalue weighted by atomic mass is 10.2. The minimum Gasteiger partial charge on any atom is -0.317 e. The standard InChI is InChI=1S/C13H18N4O3S/c1-21(19,20)16-6-7-17-12(10-16)9-15(13(17)18)8-11-4-2-3-5-14-11/h2-5,12H,6-10H2,1H3/t12-/m0/s1. The Kier molecular flexibility index (Phi) is 3.58. The van der Waals surface area contributed by atoms with E-state index < -0.39 is 10.0 Å². The Hall–Kier alpha value is -1.67. The van der Waals surface area contributed by atoms with Crippen molar-refractivity contribution in [3.8, 4) is 0 Å². The van der Waals surface area contributed by atoms with Crippen molar-refractivity contribution >= 4 is 16.1 Å². The van der Waals surface area contributed by atoms with Crippen LogP contribution in [-0.2, 0) is 16.6 Å². The van der Waals surface area contributed by atoms with Gasteiger partial charge in [0.15, 0.2) is 0 Å². The van der Waals surface area contributed by atoms with Crippen LogP contribution >= 0.6 is 0 Å². The molecule has 0 aliphatic carbocycles. The van der Waals surface area contributed by atoms with E-state index in [9.17, 15) is 13.2 Å². The molecule has 2 saturated heterocycles. The summed E-state index contributed by atoms with van der Waals surface area (Å²) in [6, 6.07) is 5.51. The summed E-state index contributed by atoms with van der Waals surface area (Å²) in [4.78, 5) is 20.1. The predicted molar refractivity (Wildman–Crippen MR) is 77.0 cm³/mol. The second-order valence-corrected chi connectivity index (χ2v) is 7.43. The molecule has 2 aliphatic heterocycles. The van der Waals surface area contributed by atoms with E-state index in [1.807, 2.05) is 18.2 Å². The molecule has 0 N–H and O–H groups in total. The molecule has 0 radical (unpaired) electrons. The third kappa shape index (κ3) is 2.86. The summed E-state index contributed by atoms with van der Waals surface area (Å²) >= 11 is 0. The largest absolute Gasteiger partial charge is 0.320 e. The van der Waals surface area contributed by atoms with Crippen molar-refractivity contribution in [2.45, 2.75) is 12.6 Å². The van der Waals surface area contributed by atoms with Crippen molar-refractivity contribution in [1.29, 1.82) is 0 Å². The molecule has 1 aromatic rings. The number of carbonyl (C=O) groups excluding carboxylic acids is 1. The molecule has 1 aromatic heterocycles. The van der Waals surface area contributed by atoms with Crippen LogP contribution in [0, 0.1) is 0 Å². The number of hydrogen-bond acceptors (Lipinski definition) is 4. The van der Waals surface area contributed by atoms with Gasteiger partial charge in [-0.05, 0) is 12.1 Å². The Morgan fingerprint density at radius 1 is 1.29 bits per heavy atom. The summed E-state index contributed by atoms with van der Waals surface area (Å²) in [7, 11) is -3.19. The fourth-order valence-electron chi connectivity index (χ4n) is 2.87. The SMILES string of the molecule is CS(=O)(=O)N1CCN2C(=O)N(Cc3ccccn3)C[C@H]2C1. The van der Waals surface area contributed by atoms with Gasteiger partial charge in [-0.15, -0.1) is 0 Å². The van der Waals surface area contributed by atoms with Gasteiger partial charge in [0.2, 0.25) is 10.0 Å². The normalized spacial score (nSPS) is 23.5. The van der Waals surface area contributed by atoms with E-state index in [1.165, 1.54) is 10.6 Å². The first kappa shape index (κ1) is 14.3. The number of sulfonamides is 1. The van der Waals surface area contributed by atoms with Crippen LogP contribution in [0.5, 0.6) is 0 Å². The number of pyridine rings is 1. The van der Waals surface area contributed by atoms with E-state index in [-0.39, 0.29) is 12.1 Å². The van der Waals surface area contributed by atoms with Gasteiger partial charge in [-0.1, -0.05) is 6.07 Å². The van der Waals surface area contributed by atoms with Gasteiger partial charge in [0.1, 0.15) is 0 Å². The highest BCUT2D eigenvalue weighted by atomic mass is 32.2. The lowest BCUT2D eigenvalue weighted by molar-refractivity contribution is 0.159. The van der Waals surface area contributed by atoms with E-state index in [4.69, 9.17) is 0 Å². The number of piperazine rings is 1. The maximum Gasteiger partial charge on any atom is 0.320 e. The van der Waals surface area contributed by atoms with Crippen molar-refractivity contribution in [1.82, 2.24) is 19.1 Å². The van der Waals surface area contributed by atoms with Gasteiger partial charge in [0, 0.05) is 32.4 Å². The topological polar surface area (TPSA) is 73.8 Å². The van der Waals surface area contributed by atoms with Gasteiger partial charge in [0.05, 0.1) is 24.5 Å². The Bertz CT molecular complexity index is 634. The second-order valence-electron chi connectivity index (χ2n) is 5.45. The lowest BCUT2D eigenvalue weighted by Crippen LogP contribution is -2.53. The Morgan fingerprint density at radius 2 is 2.10 bits per heavy atom. The monoisotopic (exact) mass is 310 g/mol. The molecular weight excluding hydrogens is 292 g/mol. The van der Waals surface area contributed by atoms with E-state index >= 15 is 0 Å². The molecule has 0 saturated carbocycles. The molecule has 114 valence electrons. The van der Waals surface area contributed by atoms with Crippen molar-refractivity contribution in [3.63, 3.8) is 0 Å². The summed E-state index contributed by atoms with van der Waals surface area (Å²) in [6.07, 6.45) is 2.92. The third-order valence-corrected chi connectivity index (χ3v) is 5.21. The van der Waals surface area contributed by atoms with Crippen molar-refractivity contribution in [2.75, 3.05) is 32.4 Å². The van der Waals surface area contributed by atoms with Crippen LogP contribution in [0.3, 0.4) is 0 Å². The van der Waals surface area contributed by atoms with Crippen LogP contribution in [0.2, 0.25) is 0 Å². The molecule has 2 amide bonds. The molecule has 0 bridgehead atoms. The summed E-state index contributed by atoms with van der Waals surface area (Å²) in [5.74, 6) is 0. The summed E-state index contributed by atoms with van der Waals surface area (Å²) in [5, 5.41) is 0. The number of rotatable bonds is 3. The van der Waals surface area contributed by atoms with E-state index in [0.717, 1.165) is 5.69 Å². The lowest BCUT2D eigenvalue weighted by Gasteiger charge is -2.34. The Labute approximate surface area is 124 Å². The highest BCUT2D eigenvalue weighted by molar-refractivity contribution is 7.88. The zero-order valence-electron chi connectivity index (χ0n) is 11.8. The van der Waals surface area contributed by atoms with Crippen LogP contribution < -0.4 is 0 Å². The van der Waals surface area contributed by atoms with Gasteiger partial charge in [-0.2, -0.15) is 4.31 Å². The molecule has 2 fully saturated rings. The van der Waals surface area contributed by atoms with Crippen LogP contribution in [0.25, 0.3) is 0 Å². The molecule has 3 heterocycles. The van der Waals surface area contributed by atoms with Gasteiger partial charge in [0.25, 0.3) is 0 Å². The average molecular weight is 310 g/mol. The quantitative estimate of drug-likeness (QED) is 0.785. The summed E-state index contributed by atoms with van der Waals surface area (Å²) in [6.45, 7) is 2.21. The number of urea groups is 1. The predicted octanol–water partition coefficient (Wildman–Crippen LogP) is -0.0370. The first-order valence-corrected chi connectivity index (χ1v) is 8.70. The van der Waals surface area contributed by atoms with Gasteiger partial charge < -0.3 is 9.80 Å². The minimum atomic E-state index is -3.19. The molecule has 1 atom stereocenters. The molecule has 8 heteroatoms. The van der Waals surface area contributed by atoms with Crippen molar-refractivity contribution < 1.29 is 13.2 Å². The van der Waals surface area contributed by atoms with E-state index in [2.05, 4.69) is 4.98 Å². The van der Waals surface area contributed by atoms with Crippen LogP contribution in [0.1, 0.15) is 5.69 Å². The maximum atomic E-state index is 12.4. The molecule has 7 nitrogen and oxygen atoms in total. The zero-order valence-corrected chi connectivity index (χ0v) is 12.7. The Morgan fingerprint density at radius 3 is 2.76 bits per heavy atom. The number of aromatic nitrogens is 1. The van der Waals surface area contributed by atoms with E-state index in [0.29, 0.717) is 32.7 Å². The Balaban J connectivity index is 1.70. The second kappa shape index (κ2) is 5.27. The molecular formula is C13H18N4O3S. The average Bonchev–Trinajstić information content (AvgIpc) is 2.75. The number of nitrogens with zero attached hydrogens (tertiary/aromatic N) is 4. The van der Waals surface area contributed by atoms with Crippen LogP contribution in [0.15, 0.2) is 24.4 Å². The summed E-state index contributed by atoms with van der Waals surface area (Å²) < 4.78 is 24.7. The smallest absolute Gasteiger partial charge is 0.317 e. The number of amides is 2. The van der Waals surface area contributed by atoms with E-state index in [1.54, 1.807) is 16.0 Å². The number of carbonyl (C=O) groups is 1. The first-order valence-electron chi connectivity index (χ1n) is 6.86. The first-order chi connectivity index (χ1) is 9.95.